The number of nitrogens with one attached hydrogen (secondary N) is 2. The highest BCUT2D eigenvalue weighted by Crippen LogP contribution is 2.16. The average Bonchev–Trinajstić information content (AvgIpc) is 3.08. The maximum Gasteiger partial charge on any atom is 0.196 e. The van der Waals surface area contributed by atoms with E-state index in [2.05, 4.69) is 45.1 Å². The molecule has 106 valence electrons. The third kappa shape index (κ3) is 5.35. The third-order valence-corrected chi connectivity index (χ3v) is 2.78. The van der Waals surface area contributed by atoms with Crippen molar-refractivity contribution >= 4 is 17.5 Å². The summed E-state index contributed by atoms with van der Waals surface area (Å²) >= 11 is 1.20. The van der Waals surface area contributed by atoms with E-state index >= 15 is 0 Å². The average molecular weight is 282 g/mol. The first-order valence-corrected chi connectivity index (χ1v) is 7.31. The number of hydrogen-bond acceptors (Lipinski definition) is 6. The SMILES string of the molecule is CCCNc1nsnc1-n1ccnc1.CCNCC. The molecule has 19 heavy (non-hydrogen) atoms. The summed E-state index contributed by atoms with van der Waals surface area (Å²) in [7, 11) is 0. The van der Waals surface area contributed by atoms with Crippen LogP contribution in [-0.4, -0.2) is 37.9 Å². The standard InChI is InChI=1S/C8H11N5S.C4H11N/c1-2-3-10-7-8(12-14-11-7)13-5-4-9-6-13;1-3-5-4-2/h4-6H,2-3H2,1H3,(H,10,11);5H,3-4H2,1-2H3. The topological polar surface area (TPSA) is 67.7 Å². The maximum atomic E-state index is 4.20. The lowest BCUT2D eigenvalue weighted by atomic mass is 10.5. The molecule has 0 amide bonds. The smallest absolute Gasteiger partial charge is 0.196 e. The monoisotopic (exact) mass is 282 g/mol. The van der Waals surface area contributed by atoms with Crippen LogP contribution in [0.5, 0.6) is 0 Å². The normalized spacial score (nSPS) is 9.84. The van der Waals surface area contributed by atoms with Crippen LogP contribution >= 0.6 is 11.7 Å². The van der Waals surface area contributed by atoms with E-state index in [9.17, 15) is 0 Å². The number of aromatic nitrogens is 4. The highest BCUT2D eigenvalue weighted by atomic mass is 32.1. The molecule has 0 saturated heterocycles. The number of anilines is 1. The van der Waals surface area contributed by atoms with Gasteiger partial charge in [0.2, 0.25) is 0 Å². The summed E-state index contributed by atoms with van der Waals surface area (Å²) in [6.07, 6.45) is 6.37. The summed E-state index contributed by atoms with van der Waals surface area (Å²) in [5.41, 5.74) is 0. The van der Waals surface area contributed by atoms with Gasteiger partial charge in [0.1, 0.15) is 6.33 Å². The molecule has 2 heterocycles. The zero-order valence-electron chi connectivity index (χ0n) is 11.8. The minimum atomic E-state index is 0.820. The molecular formula is C12H22N6S. The molecule has 0 unspecified atom stereocenters. The fourth-order valence-corrected chi connectivity index (χ4v) is 1.87. The zero-order chi connectivity index (χ0) is 13.9. The first-order valence-electron chi connectivity index (χ1n) is 6.58. The fourth-order valence-electron chi connectivity index (χ4n) is 1.34. The second kappa shape index (κ2) is 9.46. The van der Waals surface area contributed by atoms with E-state index < -0.39 is 0 Å². The van der Waals surface area contributed by atoms with Gasteiger partial charge in [0.05, 0.1) is 11.7 Å². The first kappa shape index (κ1) is 15.6. The molecule has 2 aromatic heterocycles. The zero-order valence-corrected chi connectivity index (χ0v) is 12.6. The Hall–Kier alpha value is -1.47. The summed E-state index contributed by atoms with van der Waals surface area (Å²) in [5, 5.41) is 6.33. The van der Waals surface area contributed by atoms with Gasteiger partial charge in [-0.2, -0.15) is 8.75 Å². The molecule has 0 radical (unpaired) electrons. The second-order valence-corrected chi connectivity index (χ2v) is 4.32. The summed E-state index contributed by atoms with van der Waals surface area (Å²) in [6, 6.07) is 0. The Morgan fingerprint density at radius 2 is 2.00 bits per heavy atom. The van der Waals surface area contributed by atoms with Crippen LogP contribution < -0.4 is 10.6 Å². The van der Waals surface area contributed by atoms with Crippen molar-refractivity contribution in [1.82, 2.24) is 23.6 Å². The molecule has 0 saturated carbocycles. The number of rotatable bonds is 6. The minimum Gasteiger partial charge on any atom is -0.366 e. The van der Waals surface area contributed by atoms with Gasteiger partial charge in [-0.25, -0.2) is 4.98 Å². The summed E-state index contributed by atoms with van der Waals surface area (Å²) in [5.74, 6) is 1.65. The Labute approximate surface area is 118 Å². The molecule has 6 nitrogen and oxygen atoms in total. The number of hydrogen-bond donors (Lipinski definition) is 2. The van der Waals surface area contributed by atoms with Gasteiger partial charge in [-0.15, -0.1) is 0 Å². The van der Waals surface area contributed by atoms with Crippen LogP contribution in [0.1, 0.15) is 27.2 Å². The predicted molar refractivity (Wildman–Crippen MR) is 80.0 cm³/mol. The van der Waals surface area contributed by atoms with E-state index in [0.29, 0.717) is 0 Å². The lowest BCUT2D eigenvalue weighted by molar-refractivity contribution is 0.762. The molecule has 0 bridgehead atoms. The van der Waals surface area contributed by atoms with E-state index in [4.69, 9.17) is 0 Å². The van der Waals surface area contributed by atoms with Crippen molar-refractivity contribution < 1.29 is 0 Å². The summed E-state index contributed by atoms with van der Waals surface area (Å²) in [4.78, 5) is 3.97. The van der Waals surface area contributed by atoms with Gasteiger partial charge in [-0.1, -0.05) is 20.8 Å². The van der Waals surface area contributed by atoms with Gasteiger partial charge >= 0.3 is 0 Å². The third-order valence-electron chi connectivity index (χ3n) is 2.26. The lowest BCUT2D eigenvalue weighted by Gasteiger charge is -2.02. The van der Waals surface area contributed by atoms with Crippen LogP contribution in [0.4, 0.5) is 5.82 Å². The van der Waals surface area contributed by atoms with Crippen molar-refractivity contribution in [2.45, 2.75) is 27.2 Å². The largest absolute Gasteiger partial charge is 0.366 e. The second-order valence-electron chi connectivity index (χ2n) is 3.79. The summed E-state index contributed by atoms with van der Waals surface area (Å²) in [6.45, 7) is 9.41. The van der Waals surface area contributed by atoms with Crippen LogP contribution in [0.2, 0.25) is 0 Å². The molecular weight excluding hydrogens is 260 g/mol. The molecule has 2 N–H and O–H groups in total. The van der Waals surface area contributed by atoms with E-state index in [1.54, 1.807) is 12.5 Å². The lowest BCUT2D eigenvalue weighted by Crippen LogP contribution is -2.09. The Morgan fingerprint density at radius 3 is 2.53 bits per heavy atom. The van der Waals surface area contributed by atoms with Gasteiger partial charge in [0.25, 0.3) is 0 Å². The Kier molecular flexibility index (Phi) is 7.76. The van der Waals surface area contributed by atoms with E-state index in [-0.39, 0.29) is 0 Å². The van der Waals surface area contributed by atoms with Crippen molar-refractivity contribution in [3.63, 3.8) is 0 Å². The molecule has 0 aliphatic rings. The molecule has 7 heteroatoms. The molecule has 0 aliphatic carbocycles. The van der Waals surface area contributed by atoms with E-state index in [0.717, 1.165) is 37.7 Å². The van der Waals surface area contributed by atoms with Gasteiger partial charge in [0, 0.05) is 18.9 Å². The van der Waals surface area contributed by atoms with Gasteiger partial charge in [-0.3, -0.25) is 4.57 Å². The van der Waals surface area contributed by atoms with Crippen LogP contribution in [-0.2, 0) is 0 Å². The molecule has 0 spiro atoms. The fraction of sp³-hybridized carbons (Fsp3) is 0.583. The van der Waals surface area contributed by atoms with Crippen molar-refractivity contribution in [2.75, 3.05) is 25.0 Å². The molecule has 0 fully saturated rings. The highest BCUT2D eigenvalue weighted by molar-refractivity contribution is 6.99. The Balaban J connectivity index is 0.000000312. The molecule has 0 atom stereocenters. The number of imidazole rings is 1. The van der Waals surface area contributed by atoms with Crippen LogP contribution in [0.3, 0.4) is 0 Å². The van der Waals surface area contributed by atoms with Crippen LogP contribution in [0.15, 0.2) is 18.7 Å². The maximum absolute atomic E-state index is 4.20. The molecule has 0 aromatic carbocycles. The predicted octanol–water partition coefficient (Wildman–Crippen LogP) is 2.16. The van der Waals surface area contributed by atoms with Crippen LogP contribution in [0, 0.1) is 0 Å². The van der Waals surface area contributed by atoms with Gasteiger partial charge < -0.3 is 10.6 Å². The minimum absolute atomic E-state index is 0.820. The highest BCUT2D eigenvalue weighted by Gasteiger charge is 2.07. The van der Waals surface area contributed by atoms with Crippen molar-refractivity contribution in [1.29, 1.82) is 0 Å². The van der Waals surface area contributed by atoms with E-state index in [1.165, 1.54) is 11.7 Å². The molecule has 0 aliphatic heterocycles. The Bertz CT molecular complexity index is 423. The van der Waals surface area contributed by atoms with Crippen molar-refractivity contribution in [3.8, 4) is 5.82 Å². The Morgan fingerprint density at radius 1 is 1.21 bits per heavy atom. The van der Waals surface area contributed by atoms with Gasteiger partial charge in [-0.05, 0) is 19.5 Å². The summed E-state index contributed by atoms with van der Waals surface area (Å²) < 4.78 is 10.2. The number of nitrogens with zero attached hydrogens (tertiary/aromatic N) is 4. The van der Waals surface area contributed by atoms with Crippen molar-refractivity contribution in [2.24, 2.45) is 0 Å². The molecule has 2 rings (SSSR count). The molecule has 2 aromatic rings. The van der Waals surface area contributed by atoms with E-state index in [1.807, 2.05) is 10.8 Å². The first-order chi connectivity index (χ1) is 9.33. The quantitative estimate of drug-likeness (QED) is 0.850. The van der Waals surface area contributed by atoms with Crippen molar-refractivity contribution in [3.05, 3.63) is 18.7 Å². The van der Waals surface area contributed by atoms with Crippen LogP contribution in [0.25, 0.3) is 5.82 Å². The van der Waals surface area contributed by atoms with Gasteiger partial charge in [0.15, 0.2) is 11.6 Å².